The van der Waals surface area contributed by atoms with E-state index in [0.29, 0.717) is 0 Å². The van der Waals surface area contributed by atoms with Gasteiger partial charge in [0.2, 0.25) is 0 Å². The average Bonchev–Trinajstić information content (AvgIpc) is 2.83. The molecule has 0 spiro atoms. The Bertz CT molecular complexity index is 1060. The lowest BCUT2D eigenvalue weighted by Gasteiger charge is -2.05. The Balaban J connectivity index is 1.49. The summed E-state index contributed by atoms with van der Waals surface area (Å²) in [6.45, 7) is 3.99. The van der Waals surface area contributed by atoms with Crippen LogP contribution in [0.1, 0.15) is 25.0 Å². The van der Waals surface area contributed by atoms with Gasteiger partial charge >= 0.3 is 0 Å². The molecule has 146 valence electrons. The summed E-state index contributed by atoms with van der Waals surface area (Å²) < 4.78 is 0. The monoisotopic (exact) mass is 388 g/mol. The molecule has 2 heteroatoms. The Morgan fingerprint density at radius 3 is 1.03 bits per heavy atom. The molecule has 0 unspecified atom stereocenters. The first kappa shape index (κ1) is 19.5. The predicted molar refractivity (Wildman–Crippen MR) is 128 cm³/mol. The van der Waals surface area contributed by atoms with Gasteiger partial charge in [-0.15, -0.1) is 0 Å². The SMILES string of the molecule is CC(=N/N=C(\C)c1ccc(-c2ccccc2)cc1)c1ccc(-c2ccccc2)cc1. The average molecular weight is 389 g/mol. The molecule has 2 nitrogen and oxygen atoms in total. The van der Waals surface area contributed by atoms with Crippen molar-refractivity contribution in [2.24, 2.45) is 10.2 Å². The molecule has 4 aromatic rings. The highest BCUT2D eigenvalue weighted by Gasteiger charge is 2.02. The fraction of sp³-hybridized carbons (Fsp3) is 0.0714. The van der Waals surface area contributed by atoms with Crippen molar-refractivity contribution in [2.75, 3.05) is 0 Å². The van der Waals surface area contributed by atoms with E-state index < -0.39 is 0 Å². The summed E-state index contributed by atoms with van der Waals surface area (Å²) in [4.78, 5) is 0. The fourth-order valence-corrected chi connectivity index (χ4v) is 3.33. The summed E-state index contributed by atoms with van der Waals surface area (Å²) in [6, 6.07) is 37.7. The third-order valence-electron chi connectivity index (χ3n) is 5.17. The lowest BCUT2D eigenvalue weighted by atomic mass is 10.0. The van der Waals surface area contributed by atoms with Gasteiger partial charge in [0.25, 0.3) is 0 Å². The second-order valence-corrected chi connectivity index (χ2v) is 7.26. The van der Waals surface area contributed by atoms with Gasteiger partial charge in [-0.2, -0.15) is 10.2 Å². The van der Waals surface area contributed by atoms with Gasteiger partial charge in [-0.1, -0.05) is 109 Å². The first-order valence-corrected chi connectivity index (χ1v) is 10.1. The maximum Gasteiger partial charge on any atom is 0.0671 e. The van der Waals surface area contributed by atoms with E-state index in [-0.39, 0.29) is 0 Å². The molecule has 4 aromatic carbocycles. The van der Waals surface area contributed by atoms with Crippen LogP contribution in [-0.2, 0) is 0 Å². The topological polar surface area (TPSA) is 24.7 Å². The van der Waals surface area contributed by atoms with Crippen molar-refractivity contribution in [3.05, 3.63) is 120 Å². The van der Waals surface area contributed by atoms with Crippen LogP contribution in [0.4, 0.5) is 0 Å². The molecule has 0 fully saturated rings. The van der Waals surface area contributed by atoms with Crippen molar-refractivity contribution in [2.45, 2.75) is 13.8 Å². The van der Waals surface area contributed by atoms with Crippen molar-refractivity contribution >= 4 is 11.4 Å². The van der Waals surface area contributed by atoms with Crippen LogP contribution in [-0.4, -0.2) is 11.4 Å². The molecular formula is C28H24N2. The second-order valence-electron chi connectivity index (χ2n) is 7.26. The van der Waals surface area contributed by atoms with Crippen molar-refractivity contribution in [1.29, 1.82) is 0 Å². The maximum absolute atomic E-state index is 4.46. The van der Waals surface area contributed by atoms with E-state index in [9.17, 15) is 0 Å². The van der Waals surface area contributed by atoms with Crippen LogP contribution in [0.2, 0.25) is 0 Å². The van der Waals surface area contributed by atoms with Gasteiger partial charge in [-0.25, -0.2) is 0 Å². The minimum Gasteiger partial charge on any atom is -0.155 e. The minimum atomic E-state index is 0.898. The molecule has 4 rings (SSSR count). The lowest BCUT2D eigenvalue weighted by Crippen LogP contribution is -1.97. The summed E-state index contributed by atoms with van der Waals surface area (Å²) in [5.41, 5.74) is 8.77. The number of hydrogen-bond acceptors (Lipinski definition) is 2. The van der Waals surface area contributed by atoms with E-state index in [0.717, 1.165) is 22.6 Å². The zero-order chi connectivity index (χ0) is 20.8. The zero-order valence-electron chi connectivity index (χ0n) is 17.3. The molecule has 0 amide bonds. The summed E-state index contributed by atoms with van der Waals surface area (Å²) in [5, 5.41) is 8.92. The molecule has 0 radical (unpaired) electrons. The highest BCUT2D eigenvalue weighted by atomic mass is 15.2. The van der Waals surface area contributed by atoms with Crippen LogP contribution in [0, 0.1) is 0 Å². The van der Waals surface area contributed by atoms with Gasteiger partial charge < -0.3 is 0 Å². The van der Waals surface area contributed by atoms with E-state index in [2.05, 4.69) is 107 Å². The normalized spacial score (nSPS) is 12.1. The van der Waals surface area contributed by atoms with Gasteiger partial charge in [-0.3, -0.25) is 0 Å². The van der Waals surface area contributed by atoms with Crippen LogP contribution in [0.25, 0.3) is 22.3 Å². The van der Waals surface area contributed by atoms with Crippen LogP contribution in [0.5, 0.6) is 0 Å². The summed E-state index contributed by atoms with van der Waals surface area (Å²) in [7, 11) is 0. The Hall–Kier alpha value is -3.78. The van der Waals surface area contributed by atoms with Crippen LogP contribution < -0.4 is 0 Å². The molecule has 0 aliphatic carbocycles. The molecule has 0 aromatic heterocycles. The minimum absolute atomic E-state index is 0.898. The van der Waals surface area contributed by atoms with Crippen LogP contribution in [0.15, 0.2) is 119 Å². The highest BCUT2D eigenvalue weighted by molar-refractivity contribution is 6.02. The largest absolute Gasteiger partial charge is 0.155 e. The first-order chi connectivity index (χ1) is 14.7. The van der Waals surface area contributed by atoms with Gasteiger partial charge in [0, 0.05) is 0 Å². The lowest BCUT2D eigenvalue weighted by molar-refractivity contribution is 1.22. The Morgan fingerprint density at radius 2 is 0.700 bits per heavy atom. The standard InChI is InChI=1S/C28H24N2/c1-21(23-13-17-27(18-14-23)25-9-5-3-6-10-25)29-30-22(2)24-15-19-28(20-16-24)26-11-7-4-8-12-26/h3-20H,1-2H3/b29-21+,30-22?. The molecule has 0 saturated heterocycles. The van der Waals surface area contributed by atoms with Crippen molar-refractivity contribution in [3.63, 3.8) is 0 Å². The van der Waals surface area contributed by atoms with Crippen molar-refractivity contribution in [1.82, 2.24) is 0 Å². The number of rotatable bonds is 5. The van der Waals surface area contributed by atoms with Crippen LogP contribution >= 0.6 is 0 Å². The molecular weight excluding hydrogens is 364 g/mol. The number of hydrogen-bond donors (Lipinski definition) is 0. The number of nitrogens with zero attached hydrogens (tertiary/aromatic N) is 2. The van der Waals surface area contributed by atoms with E-state index in [4.69, 9.17) is 0 Å². The molecule has 30 heavy (non-hydrogen) atoms. The van der Waals surface area contributed by atoms with Crippen molar-refractivity contribution in [3.8, 4) is 22.3 Å². The maximum atomic E-state index is 4.46. The molecule has 0 saturated carbocycles. The molecule has 0 N–H and O–H groups in total. The third kappa shape index (κ3) is 4.61. The zero-order valence-corrected chi connectivity index (χ0v) is 17.3. The summed E-state index contributed by atoms with van der Waals surface area (Å²) in [5.74, 6) is 0. The predicted octanol–water partition coefficient (Wildman–Crippen LogP) is 7.25. The van der Waals surface area contributed by atoms with Gasteiger partial charge in [0.1, 0.15) is 0 Å². The first-order valence-electron chi connectivity index (χ1n) is 10.1. The van der Waals surface area contributed by atoms with E-state index >= 15 is 0 Å². The van der Waals surface area contributed by atoms with Gasteiger partial charge in [0.05, 0.1) is 11.4 Å². The molecule has 0 aliphatic rings. The van der Waals surface area contributed by atoms with E-state index in [1.165, 1.54) is 22.3 Å². The summed E-state index contributed by atoms with van der Waals surface area (Å²) in [6.07, 6.45) is 0. The van der Waals surface area contributed by atoms with Gasteiger partial charge in [0.15, 0.2) is 0 Å². The number of benzene rings is 4. The van der Waals surface area contributed by atoms with Crippen molar-refractivity contribution < 1.29 is 0 Å². The molecule has 0 atom stereocenters. The Kier molecular flexibility index (Phi) is 5.95. The molecule has 0 aliphatic heterocycles. The second kappa shape index (κ2) is 9.15. The summed E-state index contributed by atoms with van der Waals surface area (Å²) >= 11 is 0. The van der Waals surface area contributed by atoms with E-state index in [1.807, 2.05) is 26.0 Å². The fourth-order valence-electron chi connectivity index (χ4n) is 3.33. The van der Waals surface area contributed by atoms with Crippen LogP contribution in [0.3, 0.4) is 0 Å². The Morgan fingerprint density at radius 1 is 0.400 bits per heavy atom. The smallest absolute Gasteiger partial charge is 0.0671 e. The van der Waals surface area contributed by atoms with E-state index in [1.54, 1.807) is 0 Å². The highest BCUT2D eigenvalue weighted by Crippen LogP contribution is 2.21. The van der Waals surface area contributed by atoms with Gasteiger partial charge in [-0.05, 0) is 47.2 Å². The molecule has 0 bridgehead atoms. The Labute approximate surface area is 178 Å². The third-order valence-corrected chi connectivity index (χ3v) is 5.17. The molecule has 0 heterocycles. The quantitative estimate of drug-likeness (QED) is 0.254.